The van der Waals surface area contributed by atoms with Crippen LogP contribution in [-0.2, 0) is 6.54 Å². The smallest absolute Gasteiger partial charge is 0.255 e. The molecule has 0 atom stereocenters. The van der Waals surface area contributed by atoms with E-state index in [0.29, 0.717) is 18.0 Å². The molecule has 0 unspecified atom stereocenters. The van der Waals surface area contributed by atoms with Gasteiger partial charge in [-0.2, -0.15) is 5.10 Å². The molecular formula is C19H19N3O2. The Kier molecular flexibility index (Phi) is 3.69. The SMILES string of the molecule is Cc1ccccc1-n1ncc(C(=O)NCc2ccoc2)c1C1CC1. The van der Waals surface area contributed by atoms with Gasteiger partial charge >= 0.3 is 0 Å². The van der Waals surface area contributed by atoms with E-state index in [1.807, 2.05) is 28.9 Å². The normalized spacial score (nSPS) is 13.9. The first-order valence-electron chi connectivity index (χ1n) is 8.17. The second kappa shape index (κ2) is 6.00. The van der Waals surface area contributed by atoms with E-state index in [-0.39, 0.29) is 5.91 Å². The van der Waals surface area contributed by atoms with Crippen molar-refractivity contribution in [3.05, 3.63) is 71.4 Å². The Balaban J connectivity index is 1.64. The number of carbonyl (C=O) groups is 1. The summed E-state index contributed by atoms with van der Waals surface area (Å²) in [7, 11) is 0. The van der Waals surface area contributed by atoms with E-state index in [2.05, 4.69) is 23.4 Å². The van der Waals surface area contributed by atoms with Crippen LogP contribution in [-0.4, -0.2) is 15.7 Å². The van der Waals surface area contributed by atoms with E-state index in [0.717, 1.165) is 35.3 Å². The number of aromatic nitrogens is 2. The van der Waals surface area contributed by atoms with Gasteiger partial charge in [-0.05, 0) is 37.5 Å². The number of carbonyl (C=O) groups excluding carboxylic acids is 1. The Bertz CT molecular complexity index is 861. The first-order valence-corrected chi connectivity index (χ1v) is 8.17. The van der Waals surface area contributed by atoms with Crippen LogP contribution in [0, 0.1) is 6.92 Å². The van der Waals surface area contributed by atoms with Gasteiger partial charge in [0.15, 0.2) is 0 Å². The molecule has 4 rings (SSSR count). The molecule has 5 heteroatoms. The highest BCUT2D eigenvalue weighted by Gasteiger charge is 2.33. The van der Waals surface area contributed by atoms with Crippen LogP contribution in [0.3, 0.4) is 0 Å². The first-order chi connectivity index (χ1) is 11.7. The molecule has 3 aromatic rings. The lowest BCUT2D eigenvalue weighted by Gasteiger charge is -2.11. The van der Waals surface area contributed by atoms with Crippen molar-refractivity contribution < 1.29 is 9.21 Å². The molecule has 2 heterocycles. The molecule has 0 aliphatic heterocycles. The number of nitrogens with zero attached hydrogens (tertiary/aromatic N) is 2. The zero-order valence-corrected chi connectivity index (χ0v) is 13.5. The van der Waals surface area contributed by atoms with Gasteiger partial charge in [-0.25, -0.2) is 4.68 Å². The van der Waals surface area contributed by atoms with Crippen LogP contribution in [0.15, 0.2) is 53.5 Å². The highest BCUT2D eigenvalue weighted by Crippen LogP contribution is 2.42. The number of hydrogen-bond acceptors (Lipinski definition) is 3. The summed E-state index contributed by atoms with van der Waals surface area (Å²) in [5.41, 5.74) is 4.82. The molecule has 1 fully saturated rings. The fourth-order valence-corrected chi connectivity index (χ4v) is 2.95. The molecule has 1 N–H and O–H groups in total. The van der Waals surface area contributed by atoms with Crippen molar-refractivity contribution in [1.82, 2.24) is 15.1 Å². The monoisotopic (exact) mass is 321 g/mol. The lowest BCUT2D eigenvalue weighted by Crippen LogP contribution is -2.23. The van der Waals surface area contributed by atoms with Gasteiger partial charge in [0.1, 0.15) is 0 Å². The van der Waals surface area contributed by atoms with Crippen LogP contribution >= 0.6 is 0 Å². The molecule has 0 radical (unpaired) electrons. The number of benzene rings is 1. The van der Waals surface area contributed by atoms with Gasteiger partial charge in [-0.15, -0.1) is 0 Å². The third-order valence-electron chi connectivity index (χ3n) is 4.39. The van der Waals surface area contributed by atoms with Gasteiger partial charge in [-0.3, -0.25) is 4.79 Å². The lowest BCUT2D eigenvalue weighted by atomic mass is 10.1. The average molecular weight is 321 g/mol. The van der Waals surface area contributed by atoms with Gasteiger partial charge < -0.3 is 9.73 Å². The van der Waals surface area contributed by atoms with E-state index in [1.165, 1.54) is 0 Å². The molecule has 2 aromatic heterocycles. The number of para-hydroxylation sites is 1. The topological polar surface area (TPSA) is 60.1 Å². The predicted molar refractivity (Wildman–Crippen MR) is 90.2 cm³/mol. The fraction of sp³-hybridized carbons (Fsp3) is 0.263. The maximum absolute atomic E-state index is 12.6. The van der Waals surface area contributed by atoms with Crippen molar-refractivity contribution in [2.24, 2.45) is 0 Å². The summed E-state index contributed by atoms with van der Waals surface area (Å²) in [6.45, 7) is 2.52. The zero-order valence-electron chi connectivity index (χ0n) is 13.5. The molecule has 1 aliphatic rings. The summed E-state index contributed by atoms with van der Waals surface area (Å²) in [5.74, 6) is 0.333. The van der Waals surface area contributed by atoms with Crippen LogP contribution < -0.4 is 5.32 Å². The highest BCUT2D eigenvalue weighted by molar-refractivity contribution is 5.95. The third kappa shape index (κ3) is 2.73. The minimum absolute atomic E-state index is 0.0852. The van der Waals surface area contributed by atoms with Crippen molar-refractivity contribution in [3.63, 3.8) is 0 Å². The average Bonchev–Trinajstić information content (AvgIpc) is 3.12. The Morgan fingerprint density at radius 1 is 1.33 bits per heavy atom. The summed E-state index contributed by atoms with van der Waals surface area (Å²) in [6.07, 6.45) is 7.15. The van der Waals surface area contributed by atoms with Crippen LogP contribution in [0.25, 0.3) is 5.69 Å². The minimum Gasteiger partial charge on any atom is -0.472 e. The molecule has 1 aliphatic carbocycles. The molecule has 24 heavy (non-hydrogen) atoms. The van der Waals surface area contributed by atoms with Crippen molar-refractivity contribution in [2.75, 3.05) is 0 Å². The molecule has 0 spiro atoms. The summed E-state index contributed by atoms with van der Waals surface area (Å²) < 4.78 is 6.96. The van der Waals surface area contributed by atoms with Gasteiger partial charge in [0.05, 0.1) is 35.7 Å². The van der Waals surface area contributed by atoms with E-state index in [4.69, 9.17) is 4.42 Å². The Morgan fingerprint density at radius 3 is 2.88 bits per heavy atom. The molecule has 0 bridgehead atoms. The molecule has 5 nitrogen and oxygen atoms in total. The summed E-state index contributed by atoms with van der Waals surface area (Å²) >= 11 is 0. The van der Waals surface area contributed by atoms with E-state index in [9.17, 15) is 4.79 Å². The van der Waals surface area contributed by atoms with Crippen molar-refractivity contribution >= 4 is 5.91 Å². The van der Waals surface area contributed by atoms with E-state index >= 15 is 0 Å². The van der Waals surface area contributed by atoms with E-state index < -0.39 is 0 Å². The first kappa shape index (κ1) is 14.8. The molecule has 1 aromatic carbocycles. The van der Waals surface area contributed by atoms with Crippen LogP contribution in [0.2, 0.25) is 0 Å². The largest absolute Gasteiger partial charge is 0.472 e. The third-order valence-corrected chi connectivity index (χ3v) is 4.39. The number of furan rings is 1. The van der Waals surface area contributed by atoms with Crippen LogP contribution in [0.1, 0.15) is 45.9 Å². The second-order valence-corrected chi connectivity index (χ2v) is 6.23. The maximum Gasteiger partial charge on any atom is 0.255 e. The van der Waals surface area contributed by atoms with Crippen molar-refractivity contribution in [3.8, 4) is 5.69 Å². The minimum atomic E-state index is -0.0852. The summed E-state index contributed by atoms with van der Waals surface area (Å²) in [6, 6.07) is 9.96. The second-order valence-electron chi connectivity index (χ2n) is 6.23. The fourth-order valence-electron chi connectivity index (χ4n) is 2.95. The van der Waals surface area contributed by atoms with Gasteiger partial charge in [-0.1, -0.05) is 18.2 Å². The number of rotatable bonds is 5. The Morgan fingerprint density at radius 2 is 2.17 bits per heavy atom. The van der Waals surface area contributed by atoms with Crippen molar-refractivity contribution in [1.29, 1.82) is 0 Å². The predicted octanol–water partition coefficient (Wildman–Crippen LogP) is 3.58. The molecule has 0 saturated heterocycles. The summed E-state index contributed by atoms with van der Waals surface area (Å²) in [5, 5.41) is 7.46. The highest BCUT2D eigenvalue weighted by atomic mass is 16.3. The van der Waals surface area contributed by atoms with E-state index in [1.54, 1.807) is 18.7 Å². The zero-order chi connectivity index (χ0) is 16.5. The number of nitrogens with one attached hydrogen (secondary N) is 1. The molecule has 1 saturated carbocycles. The van der Waals surface area contributed by atoms with Gasteiger partial charge in [0.2, 0.25) is 0 Å². The van der Waals surface area contributed by atoms with Gasteiger partial charge in [0, 0.05) is 18.0 Å². The Hall–Kier alpha value is -2.82. The molecular weight excluding hydrogens is 302 g/mol. The quantitative estimate of drug-likeness (QED) is 0.781. The standard InChI is InChI=1S/C19H19N3O2/c1-13-4-2-3-5-17(13)22-18(15-6-7-15)16(11-21-22)19(23)20-10-14-8-9-24-12-14/h2-5,8-9,11-12,15H,6-7,10H2,1H3,(H,20,23). The van der Waals surface area contributed by atoms with Gasteiger partial charge in [0.25, 0.3) is 5.91 Å². The lowest BCUT2D eigenvalue weighted by molar-refractivity contribution is 0.0950. The van der Waals surface area contributed by atoms with Crippen LogP contribution in [0.5, 0.6) is 0 Å². The number of aryl methyl sites for hydroxylation is 1. The molecule has 122 valence electrons. The van der Waals surface area contributed by atoms with Crippen molar-refractivity contribution in [2.45, 2.75) is 32.2 Å². The summed E-state index contributed by atoms with van der Waals surface area (Å²) in [4.78, 5) is 12.6. The number of amides is 1. The Labute approximate surface area is 140 Å². The van der Waals surface area contributed by atoms with Crippen LogP contribution in [0.4, 0.5) is 0 Å². The maximum atomic E-state index is 12.6. The number of hydrogen-bond donors (Lipinski definition) is 1. The molecule has 1 amide bonds.